The van der Waals surface area contributed by atoms with Crippen molar-refractivity contribution in [3.63, 3.8) is 0 Å². The molecular formula is C17H27NO2. The lowest BCUT2D eigenvalue weighted by Gasteiger charge is -2.27. The minimum Gasteiger partial charge on any atom is -0.481 e. The van der Waals surface area contributed by atoms with E-state index < -0.39 is 5.97 Å². The molecule has 0 radical (unpaired) electrons. The van der Waals surface area contributed by atoms with Gasteiger partial charge in [-0.1, -0.05) is 50.6 Å². The average Bonchev–Trinajstić information content (AvgIpc) is 2.44. The van der Waals surface area contributed by atoms with Crippen molar-refractivity contribution < 1.29 is 9.90 Å². The maximum Gasteiger partial charge on any atom is 0.303 e. The minimum atomic E-state index is -0.721. The second-order valence-electron chi connectivity index (χ2n) is 5.66. The highest BCUT2D eigenvalue weighted by Crippen LogP contribution is 2.13. The number of hydrogen-bond acceptors (Lipinski definition) is 2. The fourth-order valence-electron chi connectivity index (χ4n) is 2.33. The summed E-state index contributed by atoms with van der Waals surface area (Å²) in [6, 6.07) is 10.9. The van der Waals surface area contributed by atoms with Gasteiger partial charge in [0, 0.05) is 18.5 Å². The second-order valence-corrected chi connectivity index (χ2v) is 5.66. The Labute approximate surface area is 122 Å². The quantitative estimate of drug-likeness (QED) is 0.726. The molecule has 0 aliphatic carbocycles. The van der Waals surface area contributed by atoms with Gasteiger partial charge in [-0.15, -0.1) is 0 Å². The van der Waals surface area contributed by atoms with E-state index in [9.17, 15) is 4.79 Å². The van der Waals surface area contributed by atoms with Gasteiger partial charge < -0.3 is 10.4 Å². The first-order valence-corrected chi connectivity index (χ1v) is 7.54. The van der Waals surface area contributed by atoms with E-state index in [1.54, 1.807) is 0 Å². The molecule has 0 saturated carbocycles. The summed E-state index contributed by atoms with van der Waals surface area (Å²) in [6.07, 6.45) is 2.91. The molecular weight excluding hydrogens is 250 g/mol. The number of rotatable bonds is 9. The molecule has 1 aromatic carbocycles. The van der Waals surface area contributed by atoms with Crippen LogP contribution in [-0.2, 0) is 11.2 Å². The summed E-state index contributed by atoms with van der Waals surface area (Å²) in [5.74, 6) is -0.126. The van der Waals surface area contributed by atoms with Gasteiger partial charge in [-0.25, -0.2) is 0 Å². The smallest absolute Gasteiger partial charge is 0.303 e. The van der Waals surface area contributed by atoms with E-state index in [0.717, 1.165) is 12.8 Å². The van der Waals surface area contributed by atoms with Crippen LogP contribution in [0.3, 0.4) is 0 Å². The van der Waals surface area contributed by atoms with E-state index in [1.807, 2.05) is 18.2 Å². The first-order valence-electron chi connectivity index (χ1n) is 7.54. The Bertz CT molecular complexity index is 391. The predicted octanol–water partition coefficient (Wildman–Crippen LogP) is 3.49. The van der Waals surface area contributed by atoms with Gasteiger partial charge in [0.05, 0.1) is 0 Å². The molecule has 0 bridgehead atoms. The zero-order chi connectivity index (χ0) is 15.0. The number of carboxylic acids is 1. The van der Waals surface area contributed by atoms with Crippen molar-refractivity contribution in [2.75, 3.05) is 0 Å². The third kappa shape index (κ3) is 6.20. The Morgan fingerprint density at radius 1 is 1.25 bits per heavy atom. The van der Waals surface area contributed by atoms with E-state index in [2.05, 4.69) is 38.2 Å². The normalized spacial score (nSPS) is 15.6. The lowest BCUT2D eigenvalue weighted by molar-refractivity contribution is -0.137. The minimum absolute atomic E-state index is 0.220. The van der Waals surface area contributed by atoms with Gasteiger partial charge in [0.1, 0.15) is 0 Å². The van der Waals surface area contributed by atoms with E-state index in [1.165, 1.54) is 5.56 Å². The van der Waals surface area contributed by atoms with Crippen molar-refractivity contribution in [3.05, 3.63) is 35.9 Å². The highest BCUT2D eigenvalue weighted by molar-refractivity contribution is 5.66. The number of benzene rings is 1. The van der Waals surface area contributed by atoms with Gasteiger partial charge in [0.2, 0.25) is 0 Å². The third-order valence-corrected chi connectivity index (χ3v) is 4.03. The molecule has 20 heavy (non-hydrogen) atoms. The summed E-state index contributed by atoms with van der Waals surface area (Å²) >= 11 is 0. The number of carbonyl (C=O) groups is 1. The van der Waals surface area contributed by atoms with Gasteiger partial charge in [-0.2, -0.15) is 0 Å². The van der Waals surface area contributed by atoms with Crippen LogP contribution in [0.15, 0.2) is 30.3 Å². The summed E-state index contributed by atoms with van der Waals surface area (Å²) in [7, 11) is 0. The zero-order valence-corrected chi connectivity index (χ0v) is 12.8. The maximum atomic E-state index is 10.8. The number of nitrogens with one attached hydrogen (secondary N) is 1. The molecule has 0 aliphatic heterocycles. The Kier molecular flexibility index (Phi) is 7.31. The first-order chi connectivity index (χ1) is 9.52. The highest BCUT2D eigenvalue weighted by Gasteiger charge is 2.17. The summed E-state index contributed by atoms with van der Waals surface area (Å²) < 4.78 is 0. The van der Waals surface area contributed by atoms with Crippen LogP contribution >= 0.6 is 0 Å². The van der Waals surface area contributed by atoms with Gasteiger partial charge in [0.15, 0.2) is 0 Å². The molecule has 3 nitrogen and oxygen atoms in total. The van der Waals surface area contributed by atoms with E-state index >= 15 is 0 Å². The van der Waals surface area contributed by atoms with Gasteiger partial charge >= 0.3 is 5.97 Å². The van der Waals surface area contributed by atoms with Crippen molar-refractivity contribution in [3.8, 4) is 0 Å². The second kappa shape index (κ2) is 8.75. The molecule has 3 heteroatoms. The van der Waals surface area contributed by atoms with Crippen molar-refractivity contribution in [1.82, 2.24) is 5.32 Å². The molecule has 3 unspecified atom stereocenters. The molecule has 0 amide bonds. The van der Waals surface area contributed by atoms with Gasteiger partial charge in [-0.3, -0.25) is 4.79 Å². The predicted molar refractivity (Wildman–Crippen MR) is 82.9 cm³/mol. The first kappa shape index (κ1) is 16.7. The van der Waals surface area contributed by atoms with Crippen molar-refractivity contribution >= 4 is 5.97 Å². The Morgan fingerprint density at radius 3 is 2.45 bits per heavy atom. The van der Waals surface area contributed by atoms with Crippen LogP contribution in [-0.4, -0.2) is 23.2 Å². The molecule has 0 aliphatic rings. The molecule has 0 aromatic heterocycles. The Morgan fingerprint density at radius 2 is 1.90 bits per heavy atom. The fourth-order valence-corrected chi connectivity index (χ4v) is 2.33. The third-order valence-electron chi connectivity index (χ3n) is 4.03. The Balaban J connectivity index is 2.62. The maximum absolute atomic E-state index is 10.8. The van der Waals surface area contributed by atoms with Crippen LogP contribution in [0.2, 0.25) is 0 Å². The van der Waals surface area contributed by atoms with Crippen LogP contribution in [0.5, 0.6) is 0 Å². The largest absolute Gasteiger partial charge is 0.481 e. The molecule has 112 valence electrons. The lowest BCUT2D eigenvalue weighted by Crippen LogP contribution is -2.41. The molecule has 1 rings (SSSR count). The van der Waals surface area contributed by atoms with Crippen molar-refractivity contribution in [2.24, 2.45) is 5.92 Å². The molecule has 3 atom stereocenters. The molecule has 0 fully saturated rings. The lowest BCUT2D eigenvalue weighted by atomic mass is 9.96. The van der Waals surface area contributed by atoms with Gasteiger partial charge in [-0.05, 0) is 31.2 Å². The summed E-state index contributed by atoms with van der Waals surface area (Å²) in [5.41, 5.74) is 1.26. The van der Waals surface area contributed by atoms with Crippen LogP contribution in [0, 0.1) is 5.92 Å². The van der Waals surface area contributed by atoms with Crippen LogP contribution in [0.25, 0.3) is 0 Å². The van der Waals surface area contributed by atoms with E-state index in [4.69, 9.17) is 5.11 Å². The van der Waals surface area contributed by atoms with Gasteiger partial charge in [0.25, 0.3) is 0 Å². The summed E-state index contributed by atoms with van der Waals surface area (Å²) in [6.45, 7) is 6.60. The van der Waals surface area contributed by atoms with Crippen molar-refractivity contribution in [2.45, 2.75) is 58.5 Å². The van der Waals surface area contributed by atoms with E-state index in [0.29, 0.717) is 18.4 Å². The summed E-state index contributed by atoms with van der Waals surface area (Å²) in [4.78, 5) is 10.8. The topological polar surface area (TPSA) is 49.3 Å². The molecule has 2 N–H and O–H groups in total. The number of hydrogen-bond donors (Lipinski definition) is 2. The monoisotopic (exact) mass is 277 g/mol. The SMILES string of the molecule is CCC(C)C(C)NC(CCC(=O)O)Cc1ccccc1. The van der Waals surface area contributed by atoms with Crippen LogP contribution in [0.4, 0.5) is 0 Å². The number of carboxylic acid groups (broad SMARTS) is 1. The Hall–Kier alpha value is -1.35. The van der Waals surface area contributed by atoms with Crippen molar-refractivity contribution in [1.29, 1.82) is 0 Å². The molecule has 0 heterocycles. The summed E-state index contributed by atoms with van der Waals surface area (Å²) in [5, 5.41) is 12.5. The number of aliphatic carboxylic acids is 1. The van der Waals surface area contributed by atoms with E-state index in [-0.39, 0.29) is 12.5 Å². The zero-order valence-electron chi connectivity index (χ0n) is 12.8. The molecule has 1 aromatic rings. The average molecular weight is 277 g/mol. The molecule has 0 saturated heterocycles. The fraction of sp³-hybridized carbons (Fsp3) is 0.588. The van der Waals surface area contributed by atoms with Crippen LogP contribution < -0.4 is 5.32 Å². The van der Waals surface area contributed by atoms with Crippen LogP contribution in [0.1, 0.15) is 45.6 Å². The standard InChI is InChI=1S/C17H27NO2/c1-4-13(2)14(3)18-16(10-11-17(19)20)12-15-8-6-5-7-9-15/h5-9,13-14,16,18H,4,10-12H2,1-3H3,(H,19,20). The molecule has 0 spiro atoms. The highest BCUT2D eigenvalue weighted by atomic mass is 16.4.